The van der Waals surface area contributed by atoms with Crippen molar-refractivity contribution in [1.82, 2.24) is 10.3 Å². The van der Waals surface area contributed by atoms with Crippen LogP contribution < -0.4 is 16.0 Å². The molecule has 1 aromatic carbocycles. The summed E-state index contributed by atoms with van der Waals surface area (Å²) in [4.78, 5) is 25.9. The molecule has 0 spiro atoms. The van der Waals surface area contributed by atoms with Crippen LogP contribution in [0.4, 0.5) is 0 Å². The number of carbonyl (C=O) groups is 2. The van der Waals surface area contributed by atoms with Crippen molar-refractivity contribution in [2.45, 2.75) is 13.8 Å². The molecule has 0 saturated carbocycles. The van der Waals surface area contributed by atoms with Gasteiger partial charge in [0.2, 0.25) is 5.91 Å². The lowest BCUT2D eigenvalue weighted by molar-refractivity contribution is -0.130. The lowest BCUT2D eigenvalue weighted by atomic mass is 9.91. The minimum absolute atomic E-state index is 0.129. The molecule has 0 saturated heterocycles. The maximum absolute atomic E-state index is 12.5. The summed E-state index contributed by atoms with van der Waals surface area (Å²) < 4.78 is 5.56. The summed E-state index contributed by atoms with van der Waals surface area (Å²) >= 11 is 0. The number of hydrazine groups is 1. The van der Waals surface area contributed by atoms with Gasteiger partial charge in [-0.3, -0.25) is 15.0 Å². The summed E-state index contributed by atoms with van der Waals surface area (Å²) in [6.07, 6.45) is 0. The molecular weight excluding hydrogens is 258 g/mol. The van der Waals surface area contributed by atoms with Crippen molar-refractivity contribution >= 4 is 11.8 Å². The van der Waals surface area contributed by atoms with Crippen molar-refractivity contribution in [2.24, 2.45) is 11.3 Å². The molecule has 1 heterocycles. The Labute approximate surface area is 117 Å². The summed E-state index contributed by atoms with van der Waals surface area (Å²) in [6, 6.07) is 7.12. The van der Waals surface area contributed by atoms with Crippen LogP contribution in [0.2, 0.25) is 0 Å². The van der Waals surface area contributed by atoms with Crippen LogP contribution in [0.5, 0.6) is 5.75 Å². The van der Waals surface area contributed by atoms with Crippen LogP contribution >= 0.6 is 0 Å². The van der Waals surface area contributed by atoms with Crippen molar-refractivity contribution in [3.8, 4) is 5.75 Å². The summed E-state index contributed by atoms with van der Waals surface area (Å²) in [5.74, 6) is 5.33. The number of nitrogens with one attached hydrogen (secondary N) is 1. The fraction of sp³-hybridized carbons (Fsp3) is 0.429. The minimum atomic E-state index is -0.760. The van der Waals surface area contributed by atoms with Gasteiger partial charge in [-0.2, -0.15) is 0 Å². The summed E-state index contributed by atoms with van der Waals surface area (Å²) in [5, 5.41) is 0. The van der Waals surface area contributed by atoms with E-state index in [0.717, 1.165) is 0 Å². The summed E-state index contributed by atoms with van der Waals surface area (Å²) in [5.41, 5.74) is 1.90. The molecule has 6 heteroatoms. The smallest absolute Gasteiger partial charge is 0.257 e. The highest BCUT2D eigenvalue weighted by Gasteiger charge is 2.33. The molecule has 2 rings (SSSR count). The van der Waals surface area contributed by atoms with Crippen molar-refractivity contribution in [3.05, 3.63) is 29.8 Å². The average molecular weight is 277 g/mol. The van der Waals surface area contributed by atoms with Crippen LogP contribution in [-0.2, 0) is 4.79 Å². The molecule has 1 aromatic rings. The molecule has 0 radical (unpaired) electrons. The van der Waals surface area contributed by atoms with Gasteiger partial charge in [-0.05, 0) is 26.0 Å². The molecule has 0 aliphatic carbocycles. The Hall–Kier alpha value is -2.08. The number of rotatable bonds is 3. The highest BCUT2D eigenvalue weighted by molar-refractivity contribution is 5.97. The lowest BCUT2D eigenvalue weighted by Crippen LogP contribution is -2.49. The number of fused-ring (bicyclic) bond motifs is 1. The minimum Gasteiger partial charge on any atom is -0.491 e. The molecule has 6 nitrogen and oxygen atoms in total. The maximum Gasteiger partial charge on any atom is 0.257 e. The molecule has 0 atom stereocenters. The second-order valence-corrected chi connectivity index (χ2v) is 5.43. The fourth-order valence-corrected chi connectivity index (χ4v) is 2.20. The second-order valence-electron chi connectivity index (χ2n) is 5.43. The first-order chi connectivity index (χ1) is 9.45. The van der Waals surface area contributed by atoms with Gasteiger partial charge in [0.25, 0.3) is 5.91 Å². The Morgan fingerprint density at radius 1 is 1.45 bits per heavy atom. The first-order valence-corrected chi connectivity index (χ1v) is 6.48. The number of nitrogens with two attached hydrogens (primary N) is 1. The molecule has 0 fully saturated rings. The normalized spacial score (nSPS) is 15.2. The molecule has 108 valence electrons. The molecule has 0 bridgehead atoms. The predicted molar refractivity (Wildman–Crippen MR) is 74.0 cm³/mol. The monoisotopic (exact) mass is 277 g/mol. The van der Waals surface area contributed by atoms with E-state index < -0.39 is 5.41 Å². The molecule has 2 amide bonds. The number of carbonyl (C=O) groups excluding carboxylic acids is 2. The van der Waals surface area contributed by atoms with Crippen LogP contribution in [0.1, 0.15) is 24.2 Å². The van der Waals surface area contributed by atoms with Crippen LogP contribution in [0.15, 0.2) is 24.3 Å². The van der Waals surface area contributed by atoms with Gasteiger partial charge < -0.3 is 9.64 Å². The van der Waals surface area contributed by atoms with Crippen molar-refractivity contribution < 1.29 is 14.3 Å². The molecule has 3 N–H and O–H groups in total. The lowest BCUT2D eigenvalue weighted by Gasteiger charge is -2.30. The SMILES string of the molecule is CC(C)(CN1CCOc2ccccc2C1=O)C(=O)NN. The Kier molecular flexibility index (Phi) is 3.94. The van der Waals surface area contributed by atoms with E-state index in [4.69, 9.17) is 10.6 Å². The number of ether oxygens (including phenoxy) is 1. The Morgan fingerprint density at radius 2 is 2.15 bits per heavy atom. The van der Waals surface area contributed by atoms with Gasteiger partial charge in [-0.15, -0.1) is 0 Å². The largest absolute Gasteiger partial charge is 0.491 e. The topological polar surface area (TPSA) is 84.7 Å². The number of benzene rings is 1. The van der Waals surface area contributed by atoms with Gasteiger partial charge in [0.15, 0.2) is 0 Å². The van der Waals surface area contributed by atoms with Crippen LogP contribution in [0.3, 0.4) is 0 Å². The predicted octanol–water partition coefficient (Wildman–Crippen LogP) is 0.537. The molecule has 0 aromatic heterocycles. The zero-order valence-electron chi connectivity index (χ0n) is 11.7. The highest BCUT2D eigenvalue weighted by atomic mass is 16.5. The van der Waals surface area contributed by atoms with Crippen molar-refractivity contribution in [3.63, 3.8) is 0 Å². The number of nitrogens with zero attached hydrogens (tertiary/aromatic N) is 1. The van der Waals surface area contributed by atoms with Gasteiger partial charge in [-0.1, -0.05) is 12.1 Å². The second kappa shape index (κ2) is 5.50. The fourth-order valence-electron chi connectivity index (χ4n) is 2.20. The van der Waals surface area contributed by atoms with E-state index in [-0.39, 0.29) is 18.4 Å². The number of amides is 2. The third kappa shape index (κ3) is 2.75. The van der Waals surface area contributed by atoms with Crippen LogP contribution in [0, 0.1) is 5.41 Å². The third-order valence-electron chi connectivity index (χ3n) is 3.36. The van der Waals surface area contributed by atoms with E-state index in [2.05, 4.69) is 5.43 Å². The van der Waals surface area contributed by atoms with Gasteiger partial charge in [0.05, 0.1) is 17.5 Å². The van der Waals surface area contributed by atoms with E-state index in [1.165, 1.54) is 0 Å². The van der Waals surface area contributed by atoms with E-state index in [0.29, 0.717) is 24.5 Å². The highest BCUT2D eigenvalue weighted by Crippen LogP contribution is 2.25. The number of para-hydroxylation sites is 1. The first-order valence-electron chi connectivity index (χ1n) is 6.48. The Morgan fingerprint density at radius 3 is 2.85 bits per heavy atom. The summed E-state index contributed by atoms with van der Waals surface area (Å²) in [7, 11) is 0. The average Bonchev–Trinajstić information content (AvgIpc) is 2.58. The summed E-state index contributed by atoms with van der Waals surface area (Å²) in [6.45, 7) is 4.63. The van der Waals surface area contributed by atoms with Crippen molar-refractivity contribution in [2.75, 3.05) is 19.7 Å². The van der Waals surface area contributed by atoms with Crippen LogP contribution in [-0.4, -0.2) is 36.4 Å². The third-order valence-corrected chi connectivity index (χ3v) is 3.36. The molecule has 1 aliphatic heterocycles. The molecule has 0 unspecified atom stereocenters. The zero-order valence-corrected chi connectivity index (χ0v) is 11.7. The Balaban J connectivity index is 2.22. The van der Waals surface area contributed by atoms with Gasteiger partial charge >= 0.3 is 0 Å². The van der Waals surface area contributed by atoms with Crippen molar-refractivity contribution in [1.29, 1.82) is 0 Å². The first kappa shape index (κ1) is 14.3. The van der Waals surface area contributed by atoms with Crippen LogP contribution in [0.25, 0.3) is 0 Å². The van der Waals surface area contributed by atoms with E-state index in [1.54, 1.807) is 36.9 Å². The quantitative estimate of drug-likeness (QED) is 0.480. The molecule has 1 aliphatic rings. The van der Waals surface area contributed by atoms with Gasteiger partial charge in [0.1, 0.15) is 12.4 Å². The van der Waals surface area contributed by atoms with Gasteiger partial charge in [0, 0.05) is 6.54 Å². The standard InChI is InChI=1S/C14H19N3O3/c1-14(2,13(19)16-15)9-17-7-8-20-11-6-4-3-5-10(11)12(17)18/h3-6H,7-9,15H2,1-2H3,(H,16,19). The van der Waals surface area contributed by atoms with E-state index in [9.17, 15) is 9.59 Å². The Bertz CT molecular complexity index is 528. The number of hydrogen-bond donors (Lipinski definition) is 2. The van der Waals surface area contributed by atoms with E-state index in [1.807, 2.05) is 6.07 Å². The molecule has 20 heavy (non-hydrogen) atoms. The zero-order chi connectivity index (χ0) is 14.8. The van der Waals surface area contributed by atoms with Gasteiger partial charge in [-0.25, -0.2) is 5.84 Å². The number of hydrogen-bond acceptors (Lipinski definition) is 4. The van der Waals surface area contributed by atoms with E-state index >= 15 is 0 Å². The molecular formula is C14H19N3O3. The maximum atomic E-state index is 12.5.